The first-order valence-electron chi connectivity index (χ1n) is 9.69. The minimum Gasteiger partial charge on any atom is -0.370 e. The summed E-state index contributed by atoms with van der Waals surface area (Å²) in [4.78, 5) is 0. The molecule has 1 saturated heterocycles. The number of hydrogen-bond donors (Lipinski definition) is 1. The molecule has 0 radical (unpaired) electrons. The van der Waals surface area contributed by atoms with Crippen LogP contribution in [0.5, 0.6) is 0 Å². The van der Waals surface area contributed by atoms with Crippen molar-refractivity contribution in [1.82, 2.24) is 5.32 Å². The predicted octanol–water partition coefficient (Wildman–Crippen LogP) is 4.82. The van der Waals surface area contributed by atoms with E-state index in [1.807, 2.05) is 0 Å². The number of ether oxygens (including phenoxy) is 1. The van der Waals surface area contributed by atoms with Gasteiger partial charge in [-0.1, -0.05) is 44.9 Å². The molecule has 2 nitrogen and oxygen atoms in total. The fraction of sp³-hybridized carbons (Fsp3) is 1.00. The molecular formula is C19H35NO. The highest BCUT2D eigenvalue weighted by Crippen LogP contribution is 2.41. The molecule has 0 aromatic heterocycles. The number of nitrogens with one attached hydrogen (secondary N) is 1. The van der Waals surface area contributed by atoms with Crippen LogP contribution < -0.4 is 5.32 Å². The normalized spacial score (nSPS) is 32.1. The Balaban J connectivity index is 1.40. The van der Waals surface area contributed by atoms with Gasteiger partial charge in [0, 0.05) is 12.6 Å². The summed E-state index contributed by atoms with van der Waals surface area (Å²) in [6.45, 7) is 3.49. The summed E-state index contributed by atoms with van der Waals surface area (Å²) >= 11 is 0. The Labute approximate surface area is 131 Å². The van der Waals surface area contributed by atoms with Gasteiger partial charge in [-0.25, -0.2) is 0 Å². The van der Waals surface area contributed by atoms with Gasteiger partial charge in [0.1, 0.15) is 0 Å². The Morgan fingerprint density at radius 2 is 1.57 bits per heavy atom. The van der Waals surface area contributed by atoms with Crippen LogP contribution in [-0.4, -0.2) is 24.3 Å². The van der Waals surface area contributed by atoms with Crippen molar-refractivity contribution in [1.29, 1.82) is 0 Å². The van der Waals surface area contributed by atoms with E-state index in [-0.39, 0.29) is 5.60 Å². The minimum absolute atomic E-state index is 0.288. The zero-order chi connectivity index (χ0) is 14.5. The van der Waals surface area contributed by atoms with Crippen molar-refractivity contribution in [3.8, 4) is 0 Å². The second kappa shape index (κ2) is 7.46. The van der Waals surface area contributed by atoms with Crippen molar-refractivity contribution in [3.05, 3.63) is 0 Å². The van der Waals surface area contributed by atoms with E-state index in [9.17, 15) is 0 Å². The summed E-state index contributed by atoms with van der Waals surface area (Å²) < 4.78 is 6.49. The summed E-state index contributed by atoms with van der Waals surface area (Å²) in [5.41, 5.74) is 0.288. The monoisotopic (exact) mass is 293 g/mol. The maximum absolute atomic E-state index is 6.49. The highest BCUT2D eigenvalue weighted by molar-refractivity contribution is 4.92. The lowest BCUT2D eigenvalue weighted by Gasteiger charge is -2.33. The van der Waals surface area contributed by atoms with Gasteiger partial charge in [0.2, 0.25) is 0 Å². The molecular weight excluding hydrogens is 258 g/mol. The second-order valence-corrected chi connectivity index (χ2v) is 7.97. The Kier molecular flexibility index (Phi) is 5.61. The van der Waals surface area contributed by atoms with E-state index in [4.69, 9.17) is 4.74 Å². The number of hydrogen-bond acceptors (Lipinski definition) is 2. The molecule has 21 heavy (non-hydrogen) atoms. The van der Waals surface area contributed by atoms with Gasteiger partial charge in [0.15, 0.2) is 0 Å². The maximum Gasteiger partial charge on any atom is 0.0708 e. The summed E-state index contributed by atoms with van der Waals surface area (Å²) in [6, 6.07) is 0.676. The van der Waals surface area contributed by atoms with Crippen molar-refractivity contribution in [2.75, 3.05) is 6.54 Å². The Hall–Kier alpha value is -0.0800. The first-order valence-corrected chi connectivity index (χ1v) is 9.69. The van der Waals surface area contributed by atoms with Gasteiger partial charge in [0.25, 0.3) is 0 Å². The summed E-state index contributed by atoms with van der Waals surface area (Å²) in [7, 11) is 0. The molecule has 122 valence electrons. The SMILES string of the molecule is C[C@@H](NCC1CCC2(CCCCC2)O1)C1CCCCCC1. The van der Waals surface area contributed by atoms with E-state index in [0.29, 0.717) is 12.1 Å². The van der Waals surface area contributed by atoms with Gasteiger partial charge >= 0.3 is 0 Å². The first-order chi connectivity index (χ1) is 10.3. The Bertz CT molecular complexity index is 303. The van der Waals surface area contributed by atoms with Gasteiger partial charge in [-0.15, -0.1) is 0 Å². The average molecular weight is 293 g/mol. The second-order valence-electron chi connectivity index (χ2n) is 7.97. The molecule has 2 aliphatic carbocycles. The van der Waals surface area contributed by atoms with Crippen molar-refractivity contribution >= 4 is 0 Å². The van der Waals surface area contributed by atoms with E-state index >= 15 is 0 Å². The van der Waals surface area contributed by atoms with Crippen LogP contribution in [0.25, 0.3) is 0 Å². The average Bonchev–Trinajstić information content (AvgIpc) is 2.74. The molecule has 2 heteroatoms. The molecule has 3 aliphatic rings. The standard InChI is InChI=1S/C19H35NO/c1-16(17-9-5-2-3-6-10-17)20-15-18-11-14-19(21-18)12-7-4-8-13-19/h16-18,20H,2-15H2,1H3/t16-,18?/m1/s1. The zero-order valence-electron chi connectivity index (χ0n) is 14.0. The molecule has 1 N–H and O–H groups in total. The molecule has 1 unspecified atom stereocenters. The highest BCUT2D eigenvalue weighted by atomic mass is 16.5. The van der Waals surface area contributed by atoms with Gasteiger partial charge < -0.3 is 10.1 Å². The zero-order valence-corrected chi connectivity index (χ0v) is 14.0. The van der Waals surface area contributed by atoms with E-state index < -0.39 is 0 Å². The molecule has 0 aromatic rings. The molecule has 1 heterocycles. The van der Waals surface area contributed by atoms with Crippen LogP contribution >= 0.6 is 0 Å². The van der Waals surface area contributed by atoms with Crippen LogP contribution in [0.1, 0.15) is 90.4 Å². The Morgan fingerprint density at radius 1 is 0.905 bits per heavy atom. The van der Waals surface area contributed by atoms with Crippen molar-refractivity contribution in [2.24, 2.45) is 5.92 Å². The first kappa shape index (κ1) is 15.8. The fourth-order valence-electron chi connectivity index (χ4n) is 4.90. The molecule has 0 bridgehead atoms. The van der Waals surface area contributed by atoms with Gasteiger partial charge in [0.05, 0.1) is 11.7 Å². The van der Waals surface area contributed by atoms with Crippen molar-refractivity contribution in [3.63, 3.8) is 0 Å². The van der Waals surface area contributed by atoms with Crippen LogP contribution in [0.15, 0.2) is 0 Å². The van der Waals surface area contributed by atoms with Crippen LogP contribution in [0.2, 0.25) is 0 Å². The highest BCUT2D eigenvalue weighted by Gasteiger charge is 2.40. The minimum atomic E-state index is 0.288. The van der Waals surface area contributed by atoms with E-state index in [1.165, 1.54) is 83.5 Å². The predicted molar refractivity (Wildman–Crippen MR) is 88.6 cm³/mol. The van der Waals surface area contributed by atoms with Crippen LogP contribution in [0, 0.1) is 5.92 Å². The molecule has 2 atom stereocenters. The third kappa shape index (κ3) is 4.22. The van der Waals surface area contributed by atoms with Crippen molar-refractivity contribution < 1.29 is 4.74 Å². The largest absolute Gasteiger partial charge is 0.370 e. The van der Waals surface area contributed by atoms with Crippen LogP contribution in [-0.2, 0) is 4.74 Å². The number of rotatable bonds is 4. The van der Waals surface area contributed by atoms with Crippen LogP contribution in [0.3, 0.4) is 0 Å². The lowest BCUT2D eigenvalue weighted by Crippen LogP contribution is -2.40. The van der Waals surface area contributed by atoms with Gasteiger partial charge in [-0.2, -0.15) is 0 Å². The smallest absolute Gasteiger partial charge is 0.0708 e. The molecule has 2 saturated carbocycles. The van der Waals surface area contributed by atoms with E-state index in [1.54, 1.807) is 0 Å². The summed E-state index contributed by atoms with van der Waals surface area (Å²) in [6.07, 6.45) is 18.6. The molecule has 3 fully saturated rings. The summed E-state index contributed by atoms with van der Waals surface area (Å²) in [5, 5.41) is 3.82. The lowest BCUT2D eigenvalue weighted by molar-refractivity contribution is -0.0632. The lowest BCUT2D eigenvalue weighted by atomic mass is 9.83. The molecule has 0 amide bonds. The van der Waals surface area contributed by atoms with E-state index in [2.05, 4.69) is 12.2 Å². The summed E-state index contributed by atoms with van der Waals surface area (Å²) in [5.74, 6) is 0.901. The van der Waals surface area contributed by atoms with Crippen LogP contribution in [0.4, 0.5) is 0 Å². The topological polar surface area (TPSA) is 21.3 Å². The molecule has 3 rings (SSSR count). The van der Waals surface area contributed by atoms with Crippen molar-refractivity contribution in [2.45, 2.75) is 108 Å². The fourth-order valence-corrected chi connectivity index (χ4v) is 4.90. The molecule has 0 aromatic carbocycles. The quantitative estimate of drug-likeness (QED) is 0.751. The van der Waals surface area contributed by atoms with E-state index in [0.717, 1.165) is 12.5 Å². The third-order valence-electron chi connectivity index (χ3n) is 6.38. The Morgan fingerprint density at radius 3 is 2.29 bits per heavy atom. The molecule has 1 spiro atoms. The maximum atomic E-state index is 6.49. The van der Waals surface area contributed by atoms with Gasteiger partial charge in [-0.05, 0) is 51.4 Å². The third-order valence-corrected chi connectivity index (χ3v) is 6.38. The molecule has 1 aliphatic heterocycles. The van der Waals surface area contributed by atoms with Gasteiger partial charge in [-0.3, -0.25) is 0 Å².